The predicted octanol–water partition coefficient (Wildman–Crippen LogP) is 5.19. The molecule has 0 atom stereocenters. The predicted molar refractivity (Wildman–Crippen MR) is 86.2 cm³/mol. The van der Waals surface area contributed by atoms with Crippen molar-refractivity contribution in [3.8, 4) is 22.4 Å². The molecule has 0 amide bonds. The summed E-state index contributed by atoms with van der Waals surface area (Å²) in [5.41, 5.74) is 6.82. The number of aromatic nitrogens is 1. The Labute approximate surface area is 125 Å². The lowest BCUT2D eigenvalue weighted by Crippen LogP contribution is -1.86. The van der Waals surface area contributed by atoms with Crippen molar-refractivity contribution in [1.29, 1.82) is 0 Å². The third kappa shape index (κ3) is 2.62. The van der Waals surface area contributed by atoms with E-state index in [4.69, 9.17) is 4.52 Å². The topological polar surface area (TPSA) is 26.0 Å². The minimum absolute atomic E-state index is 0.856. The molecule has 0 unspecified atom stereocenters. The van der Waals surface area contributed by atoms with E-state index in [0.29, 0.717) is 0 Å². The molecule has 3 aromatic rings. The Morgan fingerprint density at radius 2 is 1.48 bits per heavy atom. The molecule has 0 aliphatic heterocycles. The highest BCUT2D eigenvalue weighted by molar-refractivity contribution is 5.82. The smallest absolute Gasteiger partial charge is 0.142 e. The van der Waals surface area contributed by atoms with Crippen molar-refractivity contribution in [2.45, 2.75) is 27.2 Å². The Morgan fingerprint density at radius 1 is 0.857 bits per heavy atom. The van der Waals surface area contributed by atoms with Crippen LogP contribution in [-0.2, 0) is 6.42 Å². The van der Waals surface area contributed by atoms with Gasteiger partial charge in [-0.3, -0.25) is 0 Å². The minimum Gasteiger partial charge on any atom is -0.360 e. The van der Waals surface area contributed by atoms with Gasteiger partial charge < -0.3 is 4.52 Å². The molecular weight excluding hydrogens is 258 g/mol. The van der Waals surface area contributed by atoms with Gasteiger partial charge in [0.2, 0.25) is 0 Å². The summed E-state index contributed by atoms with van der Waals surface area (Å²) in [7, 11) is 0. The fourth-order valence-electron chi connectivity index (χ4n) is 2.53. The van der Waals surface area contributed by atoms with Gasteiger partial charge in [-0.25, -0.2) is 0 Å². The number of benzene rings is 2. The molecule has 2 aromatic carbocycles. The lowest BCUT2D eigenvalue weighted by molar-refractivity contribution is 0.400. The van der Waals surface area contributed by atoms with Crippen LogP contribution in [0.3, 0.4) is 0 Å². The highest BCUT2D eigenvalue weighted by atomic mass is 16.5. The molecule has 0 spiro atoms. The Kier molecular flexibility index (Phi) is 3.61. The Hall–Kier alpha value is -2.35. The van der Waals surface area contributed by atoms with Crippen LogP contribution in [0.15, 0.2) is 53.1 Å². The molecular formula is C19H19NO. The molecule has 0 saturated carbocycles. The van der Waals surface area contributed by atoms with Crippen molar-refractivity contribution in [2.75, 3.05) is 0 Å². The van der Waals surface area contributed by atoms with E-state index in [-0.39, 0.29) is 0 Å². The minimum atomic E-state index is 0.856. The molecule has 0 aliphatic carbocycles. The van der Waals surface area contributed by atoms with Gasteiger partial charge in [0.15, 0.2) is 0 Å². The number of nitrogens with zero attached hydrogens (tertiary/aromatic N) is 1. The molecule has 1 aromatic heterocycles. The van der Waals surface area contributed by atoms with Gasteiger partial charge in [-0.05, 0) is 31.4 Å². The third-order valence-corrected chi connectivity index (χ3v) is 3.84. The molecule has 21 heavy (non-hydrogen) atoms. The van der Waals surface area contributed by atoms with E-state index in [9.17, 15) is 0 Å². The Balaban J connectivity index is 2.09. The molecule has 1 heterocycles. The zero-order valence-corrected chi connectivity index (χ0v) is 12.7. The third-order valence-electron chi connectivity index (χ3n) is 3.84. The van der Waals surface area contributed by atoms with Crippen molar-refractivity contribution in [2.24, 2.45) is 0 Å². The first kappa shape index (κ1) is 13.6. The summed E-state index contributed by atoms with van der Waals surface area (Å²) < 4.78 is 5.44. The van der Waals surface area contributed by atoms with Crippen molar-refractivity contribution in [3.63, 3.8) is 0 Å². The van der Waals surface area contributed by atoms with Crippen LogP contribution in [0.25, 0.3) is 22.4 Å². The second-order valence-corrected chi connectivity index (χ2v) is 5.38. The quantitative estimate of drug-likeness (QED) is 0.658. The van der Waals surface area contributed by atoms with Crippen LogP contribution in [0.5, 0.6) is 0 Å². The number of aryl methyl sites for hydroxylation is 3. The Bertz CT molecular complexity index is 736. The molecule has 0 radical (unpaired) electrons. The van der Waals surface area contributed by atoms with E-state index in [1.54, 1.807) is 0 Å². The highest BCUT2D eigenvalue weighted by Gasteiger charge is 2.16. The van der Waals surface area contributed by atoms with Crippen LogP contribution >= 0.6 is 0 Å². The lowest BCUT2D eigenvalue weighted by atomic mass is 9.98. The average Bonchev–Trinajstić information content (AvgIpc) is 2.90. The van der Waals surface area contributed by atoms with Crippen molar-refractivity contribution < 1.29 is 4.52 Å². The zero-order chi connectivity index (χ0) is 14.8. The summed E-state index contributed by atoms with van der Waals surface area (Å²) in [5.74, 6) is 0.856. The van der Waals surface area contributed by atoms with Gasteiger partial charge in [-0.1, -0.05) is 66.2 Å². The molecule has 0 aliphatic rings. The standard InChI is InChI=1S/C19H19NO/c1-4-15-7-11-16(12-8-15)18-14(3)21-20-19(18)17-9-5-13(2)6-10-17/h5-12H,4H2,1-3H3. The van der Waals surface area contributed by atoms with Gasteiger partial charge in [0.05, 0.1) is 5.56 Å². The average molecular weight is 277 g/mol. The van der Waals surface area contributed by atoms with Crippen LogP contribution in [0, 0.1) is 13.8 Å². The summed E-state index contributed by atoms with van der Waals surface area (Å²) in [6, 6.07) is 17.0. The second-order valence-electron chi connectivity index (χ2n) is 5.38. The van der Waals surface area contributed by atoms with Gasteiger partial charge >= 0.3 is 0 Å². The number of hydrogen-bond donors (Lipinski definition) is 0. The van der Waals surface area contributed by atoms with Crippen molar-refractivity contribution in [1.82, 2.24) is 5.16 Å². The molecule has 0 bridgehead atoms. The normalized spacial score (nSPS) is 10.8. The lowest BCUT2D eigenvalue weighted by Gasteiger charge is -2.05. The first-order chi connectivity index (χ1) is 10.2. The van der Waals surface area contributed by atoms with Gasteiger partial charge in [-0.15, -0.1) is 0 Å². The summed E-state index contributed by atoms with van der Waals surface area (Å²) in [5, 5.41) is 4.26. The van der Waals surface area contributed by atoms with E-state index >= 15 is 0 Å². The SMILES string of the molecule is CCc1ccc(-c2c(-c3ccc(C)cc3)noc2C)cc1. The van der Waals surface area contributed by atoms with E-state index in [1.807, 2.05) is 6.92 Å². The van der Waals surface area contributed by atoms with Crippen LogP contribution in [0.1, 0.15) is 23.8 Å². The fraction of sp³-hybridized carbons (Fsp3) is 0.211. The maximum Gasteiger partial charge on any atom is 0.142 e. The van der Waals surface area contributed by atoms with Gasteiger partial charge in [-0.2, -0.15) is 0 Å². The van der Waals surface area contributed by atoms with Crippen LogP contribution < -0.4 is 0 Å². The van der Waals surface area contributed by atoms with E-state index in [0.717, 1.165) is 34.6 Å². The number of rotatable bonds is 3. The maximum absolute atomic E-state index is 5.44. The number of hydrogen-bond acceptors (Lipinski definition) is 2. The van der Waals surface area contributed by atoms with Crippen LogP contribution in [-0.4, -0.2) is 5.16 Å². The van der Waals surface area contributed by atoms with E-state index in [1.165, 1.54) is 11.1 Å². The van der Waals surface area contributed by atoms with Crippen molar-refractivity contribution in [3.05, 3.63) is 65.4 Å². The fourth-order valence-corrected chi connectivity index (χ4v) is 2.53. The largest absolute Gasteiger partial charge is 0.360 e. The highest BCUT2D eigenvalue weighted by Crippen LogP contribution is 2.34. The molecule has 2 nitrogen and oxygen atoms in total. The van der Waals surface area contributed by atoms with E-state index < -0.39 is 0 Å². The molecule has 106 valence electrons. The summed E-state index contributed by atoms with van der Waals surface area (Å²) >= 11 is 0. The maximum atomic E-state index is 5.44. The Morgan fingerprint density at radius 3 is 2.10 bits per heavy atom. The zero-order valence-electron chi connectivity index (χ0n) is 12.7. The molecule has 0 N–H and O–H groups in total. The first-order valence-electron chi connectivity index (χ1n) is 7.31. The van der Waals surface area contributed by atoms with Crippen molar-refractivity contribution >= 4 is 0 Å². The van der Waals surface area contributed by atoms with Gasteiger partial charge in [0.1, 0.15) is 11.5 Å². The molecule has 0 saturated heterocycles. The second kappa shape index (κ2) is 5.57. The summed E-state index contributed by atoms with van der Waals surface area (Å²) in [4.78, 5) is 0. The van der Waals surface area contributed by atoms with Crippen LogP contribution in [0.4, 0.5) is 0 Å². The van der Waals surface area contributed by atoms with Gasteiger partial charge in [0, 0.05) is 5.56 Å². The van der Waals surface area contributed by atoms with E-state index in [2.05, 4.69) is 67.5 Å². The molecule has 0 fully saturated rings. The van der Waals surface area contributed by atoms with Gasteiger partial charge in [0.25, 0.3) is 0 Å². The summed E-state index contributed by atoms with van der Waals surface area (Å²) in [6.07, 6.45) is 1.05. The molecule has 3 rings (SSSR count). The monoisotopic (exact) mass is 277 g/mol. The van der Waals surface area contributed by atoms with Crippen LogP contribution in [0.2, 0.25) is 0 Å². The summed E-state index contributed by atoms with van der Waals surface area (Å²) in [6.45, 7) is 6.22. The first-order valence-corrected chi connectivity index (χ1v) is 7.31. The molecule has 2 heteroatoms.